The van der Waals surface area contributed by atoms with Gasteiger partial charge in [0.2, 0.25) is 0 Å². The molecule has 0 radical (unpaired) electrons. The SMILES string of the molecule is C[N+](C)([O-])CC[C@@H](O)CC(=O)O. The van der Waals surface area contributed by atoms with Crippen LogP contribution in [0.1, 0.15) is 12.8 Å². The molecule has 0 saturated heterocycles. The minimum absolute atomic E-state index is 0.225. The first-order chi connectivity index (χ1) is 5.31. The van der Waals surface area contributed by atoms with Gasteiger partial charge in [-0.2, -0.15) is 0 Å². The van der Waals surface area contributed by atoms with E-state index in [2.05, 4.69) is 0 Å². The number of rotatable bonds is 5. The number of carboxylic acids is 1. The van der Waals surface area contributed by atoms with Gasteiger partial charge in [0.1, 0.15) is 0 Å². The van der Waals surface area contributed by atoms with Crippen molar-refractivity contribution in [3.8, 4) is 0 Å². The molecule has 0 spiro atoms. The van der Waals surface area contributed by atoms with Gasteiger partial charge in [-0.15, -0.1) is 0 Å². The summed E-state index contributed by atoms with van der Waals surface area (Å²) in [7, 11) is 2.90. The fraction of sp³-hybridized carbons (Fsp3) is 0.857. The van der Waals surface area contributed by atoms with Crippen molar-refractivity contribution < 1.29 is 19.7 Å². The van der Waals surface area contributed by atoms with E-state index in [1.54, 1.807) is 0 Å². The highest BCUT2D eigenvalue weighted by Crippen LogP contribution is 2.02. The third-order valence-electron chi connectivity index (χ3n) is 1.41. The average Bonchev–Trinajstić information content (AvgIpc) is 1.80. The quantitative estimate of drug-likeness (QED) is 0.449. The van der Waals surface area contributed by atoms with Crippen LogP contribution in [0.3, 0.4) is 0 Å². The smallest absolute Gasteiger partial charge is 0.305 e. The molecule has 5 nitrogen and oxygen atoms in total. The summed E-state index contributed by atoms with van der Waals surface area (Å²) >= 11 is 0. The highest BCUT2D eigenvalue weighted by Gasteiger charge is 2.12. The van der Waals surface area contributed by atoms with Crippen LogP contribution in [-0.2, 0) is 4.79 Å². The van der Waals surface area contributed by atoms with Crippen molar-refractivity contribution >= 4 is 5.97 Å². The molecule has 0 rings (SSSR count). The number of hydrogen-bond donors (Lipinski definition) is 2. The molecular weight excluding hydrogens is 162 g/mol. The molecule has 5 heteroatoms. The molecule has 0 aliphatic heterocycles. The van der Waals surface area contributed by atoms with E-state index < -0.39 is 16.7 Å². The van der Waals surface area contributed by atoms with E-state index in [9.17, 15) is 10.0 Å². The van der Waals surface area contributed by atoms with Crippen molar-refractivity contribution in [3.05, 3.63) is 5.21 Å². The number of quaternary nitrogens is 1. The lowest BCUT2D eigenvalue weighted by molar-refractivity contribution is -0.840. The number of aliphatic carboxylic acids is 1. The van der Waals surface area contributed by atoms with Crippen molar-refractivity contribution in [1.29, 1.82) is 0 Å². The number of aliphatic hydroxyl groups excluding tert-OH is 1. The second-order valence-electron chi connectivity index (χ2n) is 3.34. The fourth-order valence-corrected chi connectivity index (χ4v) is 0.764. The predicted octanol–water partition coefficient (Wildman–Crippen LogP) is -0.214. The molecule has 12 heavy (non-hydrogen) atoms. The Bertz CT molecular complexity index is 152. The molecule has 0 saturated carbocycles. The van der Waals surface area contributed by atoms with E-state index >= 15 is 0 Å². The van der Waals surface area contributed by atoms with E-state index in [-0.39, 0.29) is 19.4 Å². The van der Waals surface area contributed by atoms with Crippen molar-refractivity contribution in [1.82, 2.24) is 0 Å². The van der Waals surface area contributed by atoms with Gasteiger partial charge in [0.05, 0.1) is 33.2 Å². The van der Waals surface area contributed by atoms with Crippen molar-refractivity contribution in [2.45, 2.75) is 18.9 Å². The summed E-state index contributed by atoms with van der Waals surface area (Å²) in [6.07, 6.45) is -0.975. The zero-order valence-electron chi connectivity index (χ0n) is 7.36. The Morgan fingerprint density at radius 2 is 2.08 bits per heavy atom. The van der Waals surface area contributed by atoms with Crippen LogP contribution in [0.2, 0.25) is 0 Å². The Labute approximate surface area is 71.4 Å². The summed E-state index contributed by atoms with van der Waals surface area (Å²) in [5.74, 6) is -1.04. The van der Waals surface area contributed by atoms with E-state index in [1.807, 2.05) is 0 Å². The molecule has 2 N–H and O–H groups in total. The molecule has 0 fully saturated rings. The van der Waals surface area contributed by atoms with Gasteiger partial charge in [0, 0.05) is 6.42 Å². The van der Waals surface area contributed by atoms with Crippen molar-refractivity contribution in [2.75, 3.05) is 20.6 Å². The molecule has 0 heterocycles. The molecular formula is C7H15NO4. The molecule has 0 aliphatic rings. The number of carbonyl (C=O) groups is 1. The van der Waals surface area contributed by atoms with Crippen LogP contribution in [0.25, 0.3) is 0 Å². The first-order valence-corrected chi connectivity index (χ1v) is 3.75. The second-order valence-corrected chi connectivity index (χ2v) is 3.34. The van der Waals surface area contributed by atoms with Crippen LogP contribution < -0.4 is 0 Å². The van der Waals surface area contributed by atoms with Crippen molar-refractivity contribution in [3.63, 3.8) is 0 Å². The molecule has 0 aromatic rings. The minimum atomic E-state index is -1.04. The Morgan fingerprint density at radius 1 is 1.58 bits per heavy atom. The van der Waals surface area contributed by atoms with E-state index in [4.69, 9.17) is 10.2 Å². The monoisotopic (exact) mass is 177 g/mol. The molecule has 0 amide bonds. The summed E-state index contributed by atoms with van der Waals surface area (Å²) in [6, 6.07) is 0. The number of hydrogen-bond acceptors (Lipinski definition) is 3. The highest BCUT2D eigenvalue weighted by atomic mass is 16.5. The summed E-state index contributed by atoms with van der Waals surface area (Å²) in [6.45, 7) is 0.231. The zero-order valence-corrected chi connectivity index (χ0v) is 7.36. The van der Waals surface area contributed by atoms with E-state index in [0.717, 1.165) is 0 Å². The van der Waals surface area contributed by atoms with Crippen molar-refractivity contribution in [2.24, 2.45) is 0 Å². The molecule has 0 aliphatic carbocycles. The molecule has 0 aromatic heterocycles. The van der Waals surface area contributed by atoms with Gasteiger partial charge in [0.15, 0.2) is 0 Å². The maximum absolute atomic E-state index is 11.0. The summed E-state index contributed by atoms with van der Waals surface area (Å²) in [5.41, 5.74) is 0. The standard InChI is InChI=1S/C7H15NO4/c1-8(2,12)4-3-6(9)5-7(10)11/h6,9H,3-5H2,1-2H3,(H,10,11)/t6-/m1/s1. The van der Waals surface area contributed by atoms with Gasteiger partial charge in [-0.1, -0.05) is 0 Å². The van der Waals surface area contributed by atoms with Crippen LogP contribution in [0.15, 0.2) is 0 Å². The third-order valence-corrected chi connectivity index (χ3v) is 1.41. The lowest BCUT2D eigenvalue weighted by atomic mass is 10.2. The lowest BCUT2D eigenvalue weighted by Crippen LogP contribution is -2.35. The fourth-order valence-electron chi connectivity index (χ4n) is 0.764. The minimum Gasteiger partial charge on any atom is -0.633 e. The van der Waals surface area contributed by atoms with Crippen LogP contribution in [0.5, 0.6) is 0 Å². The Morgan fingerprint density at radius 3 is 2.42 bits per heavy atom. The number of aliphatic hydroxyl groups is 1. The van der Waals surface area contributed by atoms with E-state index in [0.29, 0.717) is 0 Å². The van der Waals surface area contributed by atoms with Gasteiger partial charge < -0.3 is 20.1 Å². The summed E-state index contributed by atoms with van der Waals surface area (Å²) < 4.78 is -0.503. The third kappa shape index (κ3) is 7.46. The largest absolute Gasteiger partial charge is 0.633 e. The topological polar surface area (TPSA) is 80.6 Å². The average molecular weight is 177 g/mol. The van der Waals surface area contributed by atoms with Gasteiger partial charge >= 0.3 is 5.97 Å². The number of hydroxylamine groups is 3. The Hall–Kier alpha value is -0.650. The molecule has 0 bridgehead atoms. The van der Waals surface area contributed by atoms with Gasteiger partial charge in [-0.25, -0.2) is 0 Å². The molecule has 0 unspecified atom stereocenters. The second kappa shape index (κ2) is 4.39. The molecule has 72 valence electrons. The normalized spacial score (nSPS) is 14.3. The highest BCUT2D eigenvalue weighted by molar-refractivity contribution is 5.67. The zero-order chi connectivity index (χ0) is 9.78. The summed E-state index contributed by atoms with van der Waals surface area (Å²) in [4.78, 5) is 10.1. The van der Waals surface area contributed by atoms with Gasteiger partial charge in [0.25, 0.3) is 0 Å². The maximum atomic E-state index is 11.0. The summed E-state index contributed by atoms with van der Waals surface area (Å²) in [5, 5.41) is 28.3. The predicted molar refractivity (Wildman–Crippen MR) is 43.2 cm³/mol. The van der Waals surface area contributed by atoms with Crippen LogP contribution in [0, 0.1) is 5.21 Å². The lowest BCUT2D eigenvalue weighted by Gasteiger charge is -2.34. The van der Waals surface area contributed by atoms with Crippen LogP contribution >= 0.6 is 0 Å². The number of nitrogens with zero attached hydrogens (tertiary/aromatic N) is 1. The first kappa shape index (κ1) is 11.4. The first-order valence-electron chi connectivity index (χ1n) is 3.75. The van der Waals surface area contributed by atoms with Gasteiger partial charge in [-0.3, -0.25) is 4.79 Å². The molecule has 1 atom stereocenters. The van der Waals surface area contributed by atoms with Crippen LogP contribution in [0.4, 0.5) is 0 Å². The number of carboxylic acid groups (broad SMARTS) is 1. The maximum Gasteiger partial charge on any atom is 0.305 e. The van der Waals surface area contributed by atoms with E-state index in [1.165, 1.54) is 14.1 Å². The van der Waals surface area contributed by atoms with Gasteiger partial charge in [-0.05, 0) is 0 Å². The molecule has 0 aromatic carbocycles. The Balaban J connectivity index is 3.57. The van der Waals surface area contributed by atoms with Crippen LogP contribution in [-0.4, -0.2) is 47.6 Å². The Kier molecular flexibility index (Phi) is 4.16.